The van der Waals surface area contributed by atoms with E-state index in [0.29, 0.717) is 6.54 Å². The molecule has 0 aliphatic heterocycles. The van der Waals surface area contributed by atoms with Gasteiger partial charge in [0.15, 0.2) is 0 Å². The van der Waals surface area contributed by atoms with Gasteiger partial charge in [-0.25, -0.2) is 9.67 Å². The van der Waals surface area contributed by atoms with Gasteiger partial charge in [0, 0.05) is 12.6 Å². The zero-order chi connectivity index (χ0) is 10.6. The first-order valence-corrected chi connectivity index (χ1v) is 4.49. The van der Waals surface area contributed by atoms with E-state index in [1.165, 1.54) is 17.3 Å². The van der Waals surface area contributed by atoms with Gasteiger partial charge in [-0.05, 0) is 13.8 Å². The van der Waals surface area contributed by atoms with Crippen LogP contribution in [-0.2, 0) is 4.79 Å². The third kappa shape index (κ3) is 2.53. The molecule has 1 aromatic rings. The molecule has 0 aliphatic rings. The summed E-state index contributed by atoms with van der Waals surface area (Å²) < 4.78 is 1.50. The van der Waals surface area contributed by atoms with Crippen LogP contribution in [0, 0.1) is 0 Å². The summed E-state index contributed by atoms with van der Waals surface area (Å²) in [5.74, 6) is -0.103. The van der Waals surface area contributed by atoms with E-state index in [1.54, 1.807) is 6.92 Å². The molecule has 1 heterocycles. The highest BCUT2D eigenvalue weighted by molar-refractivity contribution is 5.79. The molecule has 2 atom stereocenters. The van der Waals surface area contributed by atoms with E-state index in [9.17, 15) is 4.79 Å². The number of hydrogen-bond donors (Lipinski definition) is 2. The van der Waals surface area contributed by atoms with Crippen molar-refractivity contribution in [3.63, 3.8) is 0 Å². The van der Waals surface area contributed by atoms with Gasteiger partial charge in [0.05, 0.1) is 0 Å². The predicted octanol–water partition coefficient (Wildman–Crippen LogP) is -0.697. The second kappa shape index (κ2) is 4.71. The Balaban J connectivity index is 2.53. The molecule has 3 N–H and O–H groups in total. The molecule has 0 saturated carbocycles. The number of nitrogens with zero attached hydrogens (tertiary/aromatic N) is 3. The molecular weight excluding hydrogens is 182 g/mol. The summed E-state index contributed by atoms with van der Waals surface area (Å²) in [7, 11) is 0. The Bertz CT molecular complexity index is 284. The van der Waals surface area contributed by atoms with E-state index in [2.05, 4.69) is 15.4 Å². The summed E-state index contributed by atoms with van der Waals surface area (Å²) in [5.41, 5.74) is 5.39. The topological polar surface area (TPSA) is 85.8 Å². The van der Waals surface area contributed by atoms with Crippen LogP contribution in [0.2, 0.25) is 0 Å². The normalized spacial score (nSPS) is 14.8. The van der Waals surface area contributed by atoms with Crippen LogP contribution in [0.25, 0.3) is 0 Å². The molecule has 6 nitrogen and oxygen atoms in total. The average molecular weight is 197 g/mol. The monoisotopic (exact) mass is 197 g/mol. The standard InChI is InChI=1S/C8H15N5O/c1-6(3-9)12-8(14)7(2)13-5-10-4-11-13/h4-7H,3,9H2,1-2H3,(H,12,14)/t6-,7?/m1/s1. The minimum atomic E-state index is -0.355. The zero-order valence-corrected chi connectivity index (χ0v) is 8.34. The molecule has 0 aliphatic carbocycles. The van der Waals surface area contributed by atoms with E-state index >= 15 is 0 Å². The first kappa shape index (κ1) is 10.6. The molecule has 1 rings (SSSR count). The minimum absolute atomic E-state index is 0.0199. The maximum atomic E-state index is 11.6. The number of aromatic nitrogens is 3. The fourth-order valence-electron chi connectivity index (χ4n) is 0.960. The van der Waals surface area contributed by atoms with E-state index in [-0.39, 0.29) is 18.0 Å². The Hall–Kier alpha value is -1.43. The number of rotatable bonds is 4. The van der Waals surface area contributed by atoms with Gasteiger partial charge >= 0.3 is 0 Å². The average Bonchev–Trinajstić information content (AvgIpc) is 2.69. The van der Waals surface area contributed by atoms with Crippen LogP contribution in [0.5, 0.6) is 0 Å². The summed E-state index contributed by atoms with van der Waals surface area (Å²) in [6.45, 7) is 4.04. The van der Waals surface area contributed by atoms with Crippen LogP contribution in [0.1, 0.15) is 19.9 Å². The number of carbonyl (C=O) groups is 1. The van der Waals surface area contributed by atoms with Crippen molar-refractivity contribution < 1.29 is 4.79 Å². The predicted molar refractivity (Wildman–Crippen MR) is 51.4 cm³/mol. The lowest BCUT2D eigenvalue weighted by Crippen LogP contribution is -2.41. The Kier molecular flexibility index (Phi) is 3.58. The summed E-state index contributed by atoms with van der Waals surface area (Å²) in [6, 6.07) is -0.375. The third-order valence-corrected chi connectivity index (χ3v) is 1.96. The third-order valence-electron chi connectivity index (χ3n) is 1.96. The van der Waals surface area contributed by atoms with E-state index < -0.39 is 0 Å². The lowest BCUT2D eigenvalue weighted by atomic mass is 10.2. The second-order valence-electron chi connectivity index (χ2n) is 3.20. The Labute approximate surface area is 82.5 Å². The molecule has 1 unspecified atom stereocenters. The highest BCUT2D eigenvalue weighted by Gasteiger charge is 2.16. The van der Waals surface area contributed by atoms with Gasteiger partial charge in [-0.2, -0.15) is 5.10 Å². The molecule has 0 bridgehead atoms. The maximum Gasteiger partial charge on any atom is 0.244 e. The molecule has 0 radical (unpaired) electrons. The van der Waals surface area contributed by atoms with E-state index in [1.807, 2.05) is 6.92 Å². The van der Waals surface area contributed by atoms with Gasteiger partial charge in [-0.15, -0.1) is 0 Å². The van der Waals surface area contributed by atoms with Crippen molar-refractivity contribution in [1.82, 2.24) is 20.1 Å². The number of hydrogen-bond acceptors (Lipinski definition) is 4. The van der Waals surface area contributed by atoms with Crippen LogP contribution >= 0.6 is 0 Å². The van der Waals surface area contributed by atoms with Crippen molar-refractivity contribution >= 4 is 5.91 Å². The van der Waals surface area contributed by atoms with Crippen molar-refractivity contribution in [2.24, 2.45) is 5.73 Å². The Morgan fingerprint density at radius 2 is 2.36 bits per heavy atom. The zero-order valence-electron chi connectivity index (χ0n) is 8.34. The highest BCUT2D eigenvalue weighted by atomic mass is 16.2. The molecule has 6 heteroatoms. The maximum absolute atomic E-state index is 11.6. The van der Waals surface area contributed by atoms with Crippen LogP contribution in [0.15, 0.2) is 12.7 Å². The van der Waals surface area contributed by atoms with Crippen molar-refractivity contribution in [3.05, 3.63) is 12.7 Å². The molecule has 0 saturated heterocycles. The highest BCUT2D eigenvalue weighted by Crippen LogP contribution is 2.01. The molecular formula is C8H15N5O. The number of nitrogens with two attached hydrogens (primary N) is 1. The Morgan fingerprint density at radius 1 is 1.64 bits per heavy atom. The van der Waals surface area contributed by atoms with Gasteiger partial charge < -0.3 is 11.1 Å². The lowest BCUT2D eigenvalue weighted by molar-refractivity contribution is -0.124. The summed E-state index contributed by atoms with van der Waals surface area (Å²) >= 11 is 0. The molecule has 1 amide bonds. The van der Waals surface area contributed by atoms with Crippen LogP contribution < -0.4 is 11.1 Å². The van der Waals surface area contributed by atoms with Crippen molar-refractivity contribution in [3.8, 4) is 0 Å². The summed E-state index contributed by atoms with van der Waals surface area (Å²) in [5, 5.41) is 6.65. The van der Waals surface area contributed by atoms with Crippen molar-refractivity contribution in [2.75, 3.05) is 6.54 Å². The molecule has 0 spiro atoms. The van der Waals surface area contributed by atoms with Gasteiger partial charge in [0.1, 0.15) is 18.7 Å². The number of nitrogens with one attached hydrogen (secondary N) is 1. The quantitative estimate of drug-likeness (QED) is 0.668. The SMILES string of the molecule is CC(C(=O)N[C@H](C)CN)n1cncn1. The van der Waals surface area contributed by atoms with Crippen molar-refractivity contribution in [2.45, 2.75) is 25.9 Å². The number of carbonyl (C=O) groups excluding carboxylic acids is 1. The largest absolute Gasteiger partial charge is 0.351 e. The van der Waals surface area contributed by atoms with Crippen LogP contribution in [0.3, 0.4) is 0 Å². The molecule has 14 heavy (non-hydrogen) atoms. The summed E-state index contributed by atoms with van der Waals surface area (Å²) in [6.07, 6.45) is 2.91. The minimum Gasteiger partial charge on any atom is -0.351 e. The van der Waals surface area contributed by atoms with E-state index in [4.69, 9.17) is 5.73 Å². The van der Waals surface area contributed by atoms with Gasteiger partial charge in [-0.3, -0.25) is 4.79 Å². The molecule has 0 aromatic carbocycles. The number of amides is 1. The van der Waals surface area contributed by atoms with Crippen molar-refractivity contribution in [1.29, 1.82) is 0 Å². The molecule has 1 aromatic heterocycles. The van der Waals surface area contributed by atoms with Crippen LogP contribution in [-0.4, -0.2) is 33.3 Å². The van der Waals surface area contributed by atoms with Gasteiger partial charge in [-0.1, -0.05) is 0 Å². The Morgan fingerprint density at radius 3 is 2.86 bits per heavy atom. The van der Waals surface area contributed by atoms with E-state index in [0.717, 1.165) is 0 Å². The first-order valence-electron chi connectivity index (χ1n) is 4.49. The fourth-order valence-corrected chi connectivity index (χ4v) is 0.960. The van der Waals surface area contributed by atoms with Gasteiger partial charge in [0.2, 0.25) is 5.91 Å². The van der Waals surface area contributed by atoms with Gasteiger partial charge in [0.25, 0.3) is 0 Å². The second-order valence-corrected chi connectivity index (χ2v) is 3.20. The molecule has 0 fully saturated rings. The smallest absolute Gasteiger partial charge is 0.244 e. The van der Waals surface area contributed by atoms with Crippen LogP contribution in [0.4, 0.5) is 0 Å². The summed E-state index contributed by atoms with van der Waals surface area (Å²) in [4.78, 5) is 15.3. The lowest BCUT2D eigenvalue weighted by Gasteiger charge is -2.15. The molecule has 78 valence electrons. The fraction of sp³-hybridized carbons (Fsp3) is 0.625. The first-order chi connectivity index (χ1) is 6.65.